The van der Waals surface area contributed by atoms with Gasteiger partial charge in [-0.25, -0.2) is 0 Å². The zero-order chi connectivity index (χ0) is 57.8. The summed E-state index contributed by atoms with van der Waals surface area (Å²) in [7, 11) is -11.2. The Labute approximate surface area is 517 Å². The third-order valence-corrected chi connectivity index (χ3v) is 38.9. The van der Waals surface area contributed by atoms with Gasteiger partial charge >= 0.3 is 10.2 Å². The molecule has 0 amide bonds. The molecule has 0 heterocycles. The Morgan fingerprint density at radius 2 is 0.271 bits per heavy atom. The van der Waals surface area contributed by atoms with Crippen LogP contribution >= 0.6 is 29.0 Å². The first-order valence-corrected chi connectivity index (χ1v) is 36.2. The maximum atomic E-state index is 14.5. The summed E-state index contributed by atoms with van der Waals surface area (Å²) in [4.78, 5) is 0. The predicted octanol–water partition coefficient (Wildman–Crippen LogP) is 14.1. The maximum absolute atomic E-state index is 14.5. The summed E-state index contributed by atoms with van der Waals surface area (Å²) in [5.74, 6) is 0. The molecule has 85 heavy (non-hydrogen) atoms. The molecule has 0 aliphatic rings. The van der Waals surface area contributed by atoms with Crippen molar-refractivity contribution in [1.29, 1.82) is 0 Å². The van der Waals surface area contributed by atoms with E-state index in [0.29, 0.717) is 12.8 Å². The largest absolute Gasteiger partial charge is 0.325 e. The van der Waals surface area contributed by atoms with Crippen LogP contribution in [-0.2, 0) is 17.1 Å². The molecule has 0 bridgehead atoms. The van der Waals surface area contributed by atoms with Gasteiger partial charge in [-0.05, 0) is 146 Å². The normalized spacial score (nSPS) is 12.0. The standard InChI is InChI=1S/2C39H36OP2.Cu/c2*1-2-39(40,41(33-21-9-3-10-22-33,34-23-11-4-12-24-34)35-25-13-5-14-26-35)42(36-27-15-6-16-28-36,37-29-17-7-18-30-37)38-31-19-8-20-32-38;/h2*3-32,40H,2H2,1H3;/q2*+2;. The number of hydrogen-bond donors (Lipinski definition) is 2. The Hall–Kier alpha value is -7.20. The van der Waals surface area contributed by atoms with Gasteiger partial charge in [0.2, 0.25) is 0 Å². The third-order valence-electron chi connectivity index (χ3n) is 16.8. The van der Waals surface area contributed by atoms with E-state index >= 15 is 0 Å². The molecule has 0 fully saturated rings. The molecule has 12 aromatic rings. The SMILES string of the molecule is CCC(O)([P+](c1ccccc1)(c1ccccc1)c1ccccc1)[P+](c1ccccc1)(c1ccccc1)c1ccccc1.CCC(O)([P+](c1ccccc1)(c1ccccc1)c1ccccc1)[P+](c1ccccc1)(c1ccccc1)c1ccccc1.[Cu]. The Balaban J connectivity index is 0.000000187. The number of benzene rings is 12. The van der Waals surface area contributed by atoms with Crippen molar-refractivity contribution in [3.8, 4) is 0 Å². The van der Waals surface area contributed by atoms with E-state index in [4.69, 9.17) is 0 Å². The smallest absolute Gasteiger partial charge is 0.302 e. The van der Waals surface area contributed by atoms with Crippen LogP contribution < -0.4 is 63.7 Å². The van der Waals surface area contributed by atoms with Crippen LogP contribution in [0.5, 0.6) is 0 Å². The molecular weight excluding hydrogens is 1160 g/mol. The van der Waals surface area contributed by atoms with Gasteiger partial charge in [-0.2, -0.15) is 0 Å². The predicted molar refractivity (Wildman–Crippen MR) is 371 cm³/mol. The summed E-state index contributed by atoms with van der Waals surface area (Å²) >= 11 is 0. The molecule has 0 unspecified atom stereocenters. The second-order valence-corrected chi connectivity index (χ2v) is 36.2. The van der Waals surface area contributed by atoms with Crippen molar-refractivity contribution in [3.05, 3.63) is 364 Å². The number of rotatable bonds is 18. The number of hydrogen-bond acceptors (Lipinski definition) is 2. The van der Waals surface area contributed by atoms with E-state index in [0.717, 1.165) is 0 Å². The fraction of sp³-hybridized carbons (Fsp3) is 0.0769. The van der Waals surface area contributed by atoms with Crippen LogP contribution in [0, 0.1) is 0 Å². The van der Waals surface area contributed by atoms with Crippen molar-refractivity contribution in [2.45, 2.75) is 36.9 Å². The van der Waals surface area contributed by atoms with E-state index in [1.807, 2.05) is 0 Å². The topological polar surface area (TPSA) is 40.5 Å². The molecule has 0 spiro atoms. The van der Waals surface area contributed by atoms with Gasteiger partial charge < -0.3 is 10.2 Å². The second kappa shape index (κ2) is 27.4. The maximum Gasteiger partial charge on any atom is 0.302 e. The summed E-state index contributed by atoms with van der Waals surface area (Å²) in [5, 5.41) is 40.7. The van der Waals surface area contributed by atoms with Crippen molar-refractivity contribution >= 4 is 92.7 Å². The molecule has 0 aliphatic carbocycles. The molecule has 7 heteroatoms. The summed E-state index contributed by atoms with van der Waals surface area (Å²) < 4.78 is 0. The minimum Gasteiger partial charge on any atom is -0.325 e. The molecule has 423 valence electrons. The first-order chi connectivity index (χ1) is 41.4. The minimum absolute atomic E-state index is 0. The van der Waals surface area contributed by atoms with Crippen LogP contribution in [0.3, 0.4) is 0 Å². The van der Waals surface area contributed by atoms with Crippen LogP contribution in [0.4, 0.5) is 0 Å². The summed E-state index contributed by atoms with van der Waals surface area (Å²) in [6, 6.07) is 130. The summed E-state index contributed by atoms with van der Waals surface area (Å²) in [6.07, 6.45) is 1.12. The average molecular weight is 1230 g/mol. The van der Waals surface area contributed by atoms with Crippen molar-refractivity contribution in [2.75, 3.05) is 0 Å². The molecule has 12 rings (SSSR count). The molecule has 2 nitrogen and oxygen atoms in total. The molecule has 2 N–H and O–H groups in total. The zero-order valence-electron chi connectivity index (χ0n) is 48.0. The Morgan fingerprint density at radius 3 is 0.341 bits per heavy atom. The van der Waals surface area contributed by atoms with Crippen LogP contribution in [-0.4, -0.2) is 20.4 Å². The van der Waals surface area contributed by atoms with E-state index < -0.39 is 39.2 Å². The number of aliphatic hydroxyl groups is 2. The van der Waals surface area contributed by atoms with Gasteiger partial charge in [-0.3, -0.25) is 0 Å². The van der Waals surface area contributed by atoms with Crippen LogP contribution in [0.15, 0.2) is 364 Å². The minimum atomic E-state index is -2.79. The van der Waals surface area contributed by atoms with Crippen molar-refractivity contribution < 1.29 is 27.3 Å². The van der Waals surface area contributed by atoms with E-state index in [1.165, 1.54) is 63.7 Å². The first-order valence-electron chi connectivity index (χ1n) is 29.1. The van der Waals surface area contributed by atoms with Gasteiger partial charge in [0.1, 0.15) is 63.7 Å². The van der Waals surface area contributed by atoms with Gasteiger partial charge in [-0.1, -0.05) is 232 Å². The third kappa shape index (κ3) is 10.4. The zero-order valence-corrected chi connectivity index (χ0v) is 52.6. The monoisotopic (exact) mass is 1230 g/mol. The molecular formula is C78H72CuO2P4+4. The summed E-state index contributed by atoms with van der Waals surface area (Å²) in [6.45, 7) is 4.38. The van der Waals surface area contributed by atoms with E-state index in [-0.39, 0.29) is 17.1 Å². The average Bonchev–Trinajstić information content (AvgIpc) is 0.781. The van der Waals surface area contributed by atoms with Crippen LogP contribution in [0.25, 0.3) is 0 Å². The molecule has 0 saturated carbocycles. The molecule has 0 saturated heterocycles. The van der Waals surface area contributed by atoms with E-state index in [9.17, 15) is 10.2 Å². The quantitative estimate of drug-likeness (QED) is 0.0664. The molecule has 0 aromatic heterocycles. The molecule has 1 radical (unpaired) electrons. The van der Waals surface area contributed by atoms with Gasteiger partial charge in [0.15, 0.2) is 29.0 Å². The molecule has 0 atom stereocenters. The van der Waals surface area contributed by atoms with Crippen LogP contribution in [0.2, 0.25) is 0 Å². The van der Waals surface area contributed by atoms with Gasteiger partial charge in [0.25, 0.3) is 0 Å². The van der Waals surface area contributed by atoms with Gasteiger partial charge in [-0.15, -0.1) is 0 Å². The Morgan fingerprint density at radius 1 is 0.188 bits per heavy atom. The van der Waals surface area contributed by atoms with E-state index in [2.05, 4.69) is 378 Å². The van der Waals surface area contributed by atoms with Gasteiger partial charge in [0, 0.05) is 29.9 Å². The molecule has 12 aromatic carbocycles. The van der Waals surface area contributed by atoms with E-state index in [1.54, 1.807) is 0 Å². The van der Waals surface area contributed by atoms with Crippen molar-refractivity contribution in [1.82, 2.24) is 0 Å². The Bertz CT molecular complexity index is 3010. The summed E-state index contributed by atoms with van der Waals surface area (Å²) in [5.41, 5.74) is 0. The van der Waals surface area contributed by atoms with Crippen LogP contribution in [0.1, 0.15) is 26.7 Å². The second-order valence-electron chi connectivity index (χ2n) is 21.0. The van der Waals surface area contributed by atoms with Crippen molar-refractivity contribution in [2.24, 2.45) is 0 Å². The Kier molecular flexibility index (Phi) is 19.7. The fourth-order valence-electron chi connectivity index (χ4n) is 13.5. The molecule has 0 aliphatic heterocycles. The van der Waals surface area contributed by atoms with Crippen molar-refractivity contribution in [3.63, 3.8) is 0 Å². The van der Waals surface area contributed by atoms with Gasteiger partial charge in [0.05, 0.1) is 0 Å². The fourth-order valence-corrected chi connectivity index (χ4v) is 39.1. The first kappa shape index (κ1) is 60.9.